The fraction of sp³-hybridized carbons (Fsp3) is 0.235. The van der Waals surface area contributed by atoms with Crippen molar-refractivity contribution >= 4 is 33.3 Å². The highest BCUT2D eigenvalue weighted by Crippen LogP contribution is 2.29. The van der Waals surface area contributed by atoms with Gasteiger partial charge < -0.3 is 4.74 Å². The number of nitro groups is 2. The number of benzene rings is 2. The lowest BCUT2D eigenvalue weighted by atomic mass is 10.2. The smallest absolute Gasteiger partial charge is 0.295 e. The summed E-state index contributed by atoms with van der Waals surface area (Å²) >= 11 is 0. The van der Waals surface area contributed by atoms with Crippen LogP contribution in [0.3, 0.4) is 0 Å². The molecule has 2 aromatic carbocycles. The quantitative estimate of drug-likeness (QED) is 0.393. The minimum Gasteiger partial charge on any atom is -0.379 e. The number of hydrogen-bond donors (Lipinski definition) is 1. The van der Waals surface area contributed by atoms with Gasteiger partial charge in [-0.2, -0.15) is 9.41 Å². The highest BCUT2D eigenvalue weighted by Gasteiger charge is 2.28. The van der Waals surface area contributed by atoms with Gasteiger partial charge in [-0.3, -0.25) is 25.7 Å². The van der Waals surface area contributed by atoms with Crippen molar-refractivity contribution in [3.63, 3.8) is 0 Å². The van der Waals surface area contributed by atoms with Crippen LogP contribution in [0.25, 0.3) is 0 Å². The van der Waals surface area contributed by atoms with Crippen LogP contribution in [0.4, 0.5) is 17.1 Å². The number of anilines is 1. The van der Waals surface area contributed by atoms with Crippen molar-refractivity contribution in [2.75, 3.05) is 31.7 Å². The molecular weight excluding hydrogens is 418 g/mol. The lowest BCUT2D eigenvalue weighted by molar-refractivity contribution is -0.384. The predicted octanol–water partition coefficient (Wildman–Crippen LogP) is 1.97. The standard InChI is InChI=1S/C17H17N5O7S/c23-21(24)14-3-1-2-13(10-14)12-18-19-16-5-4-15(11-17(16)22(25)26)30(27,28)20-6-8-29-9-7-20/h1-5,10-12,19H,6-9H2/b18-12+. The zero-order valence-corrected chi connectivity index (χ0v) is 16.3. The van der Waals surface area contributed by atoms with Crippen molar-refractivity contribution in [2.24, 2.45) is 5.10 Å². The van der Waals surface area contributed by atoms with Crippen molar-refractivity contribution in [1.29, 1.82) is 0 Å². The Hall–Kier alpha value is -3.42. The zero-order chi connectivity index (χ0) is 21.7. The summed E-state index contributed by atoms with van der Waals surface area (Å²) in [5, 5.41) is 26.1. The summed E-state index contributed by atoms with van der Waals surface area (Å²) in [5.74, 6) is 0. The number of ether oxygens (including phenoxy) is 1. The lowest BCUT2D eigenvalue weighted by Gasteiger charge is -2.26. The predicted molar refractivity (Wildman–Crippen MR) is 107 cm³/mol. The molecule has 0 saturated carbocycles. The van der Waals surface area contributed by atoms with Crippen molar-refractivity contribution < 1.29 is 23.0 Å². The van der Waals surface area contributed by atoms with Gasteiger partial charge in [-0.15, -0.1) is 0 Å². The summed E-state index contributed by atoms with van der Waals surface area (Å²) in [4.78, 5) is 20.8. The van der Waals surface area contributed by atoms with E-state index in [0.29, 0.717) is 5.56 Å². The van der Waals surface area contributed by atoms with Crippen LogP contribution in [0.1, 0.15) is 5.56 Å². The molecular formula is C17H17N5O7S. The van der Waals surface area contributed by atoms with E-state index in [9.17, 15) is 28.6 Å². The Morgan fingerprint density at radius 1 is 1.07 bits per heavy atom. The Labute approximate surface area is 171 Å². The lowest BCUT2D eigenvalue weighted by Crippen LogP contribution is -2.40. The van der Waals surface area contributed by atoms with Crippen LogP contribution in [0.15, 0.2) is 52.5 Å². The van der Waals surface area contributed by atoms with Gasteiger partial charge in [0.15, 0.2) is 0 Å². The fourth-order valence-electron chi connectivity index (χ4n) is 2.75. The van der Waals surface area contributed by atoms with E-state index >= 15 is 0 Å². The summed E-state index contributed by atoms with van der Waals surface area (Å²) in [6.07, 6.45) is 1.26. The first-order valence-corrected chi connectivity index (χ1v) is 10.1. The molecule has 2 aromatic rings. The van der Waals surface area contributed by atoms with Gasteiger partial charge in [0.05, 0.1) is 34.2 Å². The van der Waals surface area contributed by atoms with Gasteiger partial charge in [0.1, 0.15) is 5.69 Å². The van der Waals surface area contributed by atoms with Crippen LogP contribution in [-0.2, 0) is 14.8 Å². The molecule has 13 heteroatoms. The van der Waals surface area contributed by atoms with Gasteiger partial charge in [0, 0.05) is 36.9 Å². The van der Waals surface area contributed by atoms with E-state index < -0.39 is 25.6 Å². The number of hydrazone groups is 1. The topological polar surface area (TPSA) is 157 Å². The summed E-state index contributed by atoms with van der Waals surface area (Å²) < 4.78 is 31.8. The molecule has 30 heavy (non-hydrogen) atoms. The molecule has 0 atom stereocenters. The summed E-state index contributed by atoms with van der Waals surface area (Å²) in [7, 11) is -3.89. The second-order valence-electron chi connectivity index (χ2n) is 6.17. The second-order valence-corrected chi connectivity index (χ2v) is 8.11. The van der Waals surface area contributed by atoms with Crippen LogP contribution in [0.5, 0.6) is 0 Å². The maximum Gasteiger partial charge on any atom is 0.295 e. The SMILES string of the molecule is O=[N+]([O-])c1cccc(/C=N/Nc2ccc(S(=O)(=O)N3CCOCC3)cc2[N+](=O)[O-])c1. The summed E-state index contributed by atoms with van der Waals surface area (Å²) in [6.45, 7) is 0.855. The van der Waals surface area contributed by atoms with Gasteiger partial charge >= 0.3 is 0 Å². The number of hydrogen-bond acceptors (Lipinski definition) is 9. The Morgan fingerprint density at radius 2 is 1.80 bits per heavy atom. The van der Waals surface area contributed by atoms with Gasteiger partial charge in [0.25, 0.3) is 11.4 Å². The maximum atomic E-state index is 12.7. The molecule has 0 amide bonds. The number of sulfonamides is 1. The molecule has 0 aromatic heterocycles. The average molecular weight is 435 g/mol. The van der Waals surface area contributed by atoms with E-state index in [1.807, 2.05) is 0 Å². The summed E-state index contributed by atoms with van der Waals surface area (Å²) in [6, 6.07) is 9.13. The number of non-ortho nitro benzene ring substituents is 1. The van der Waals surface area contributed by atoms with Crippen LogP contribution >= 0.6 is 0 Å². The van der Waals surface area contributed by atoms with Gasteiger partial charge in [-0.1, -0.05) is 12.1 Å². The van der Waals surface area contributed by atoms with E-state index in [2.05, 4.69) is 10.5 Å². The van der Waals surface area contributed by atoms with E-state index in [1.165, 1.54) is 40.9 Å². The normalized spacial score (nSPS) is 15.2. The molecule has 0 bridgehead atoms. The molecule has 3 rings (SSSR count). The molecule has 0 radical (unpaired) electrons. The van der Waals surface area contributed by atoms with Crippen LogP contribution < -0.4 is 5.43 Å². The van der Waals surface area contributed by atoms with Gasteiger partial charge in [-0.05, 0) is 12.1 Å². The van der Waals surface area contributed by atoms with E-state index in [4.69, 9.17) is 4.74 Å². The Morgan fingerprint density at radius 3 is 2.47 bits per heavy atom. The fourth-order valence-corrected chi connectivity index (χ4v) is 4.18. The molecule has 12 nitrogen and oxygen atoms in total. The maximum absolute atomic E-state index is 12.7. The summed E-state index contributed by atoms with van der Waals surface area (Å²) in [5.41, 5.74) is 2.27. The zero-order valence-electron chi connectivity index (χ0n) is 15.5. The van der Waals surface area contributed by atoms with Crippen molar-refractivity contribution in [1.82, 2.24) is 4.31 Å². The first-order chi connectivity index (χ1) is 14.3. The van der Waals surface area contributed by atoms with E-state index in [-0.39, 0.29) is 42.6 Å². The Balaban J connectivity index is 1.83. The number of rotatable bonds is 7. The average Bonchev–Trinajstić information content (AvgIpc) is 2.74. The highest BCUT2D eigenvalue weighted by atomic mass is 32.2. The molecule has 158 valence electrons. The molecule has 1 saturated heterocycles. The molecule has 1 N–H and O–H groups in total. The first-order valence-electron chi connectivity index (χ1n) is 8.69. The van der Waals surface area contributed by atoms with Crippen molar-refractivity contribution in [2.45, 2.75) is 4.90 Å². The molecule has 1 aliphatic rings. The van der Waals surface area contributed by atoms with Crippen molar-refractivity contribution in [3.05, 3.63) is 68.3 Å². The van der Waals surface area contributed by atoms with Gasteiger partial charge in [-0.25, -0.2) is 8.42 Å². The van der Waals surface area contributed by atoms with Crippen LogP contribution in [0.2, 0.25) is 0 Å². The largest absolute Gasteiger partial charge is 0.379 e. The van der Waals surface area contributed by atoms with Crippen molar-refractivity contribution in [3.8, 4) is 0 Å². The van der Waals surface area contributed by atoms with E-state index in [1.54, 1.807) is 6.07 Å². The molecule has 0 unspecified atom stereocenters. The van der Waals surface area contributed by atoms with Gasteiger partial charge in [0.2, 0.25) is 10.0 Å². The third-order valence-electron chi connectivity index (χ3n) is 4.25. The van der Waals surface area contributed by atoms with Crippen LogP contribution in [-0.4, -0.2) is 55.1 Å². The third-order valence-corrected chi connectivity index (χ3v) is 6.15. The first kappa shape index (κ1) is 21.3. The molecule has 0 spiro atoms. The Kier molecular flexibility index (Phi) is 6.34. The molecule has 1 aliphatic heterocycles. The number of nitrogens with zero attached hydrogens (tertiary/aromatic N) is 4. The number of nitro benzene ring substituents is 2. The highest BCUT2D eigenvalue weighted by molar-refractivity contribution is 7.89. The monoisotopic (exact) mass is 435 g/mol. The second kappa shape index (κ2) is 8.94. The van der Waals surface area contributed by atoms with Crippen LogP contribution in [0, 0.1) is 20.2 Å². The minimum absolute atomic E-state index is 0.0254. The minimum atomic E-state index is -3.89. The number of morpholine rings is 1. The molecule has 1 heterocycles. The Bertz CT molecular complexity index is 1100. The molecule has 0 aliphatic carbocycles. The van der Waals surface area contributed by atoms with E-state index in [0.717, 1.165) is 6.07 Å². The molecule has 1 fully saturated rings. The third kappa shape index (κ3) is 4.76. The number of nitrogens with one attached hydrogen (secondary N) is 1.